The predicted molar refractivity (Wildman–Crippen MR) is 105 cm³/mol. The van der Waals surface area contributed by atoms with Crippen LogP contribution in [0.15, 0.2) is 62.6 Å². The maximum atomic E-state index is 5.74. The normalized spacial score (nSPS) is 10.9. The van der Waals surface area contributed by atoms with E-state index in [2.05, 4.69) is 41.3 Å². The van der Waals surface area contributed by atoms with E-state index in [1.807, 2.05) is 48.5 Å². The SMILES string of the molecule is COc1ccc(-c2nc(SCc3nnc(-c4ccccc4Br)o3)n[nH]2)cc1. The minimum absolute atomic E-state index is 0.479. The van der Waals surface area contributed by atoms with Crippen molar-refractivity contribution in [3.8, 4) is 28.6 Å². The van der Waals surface area contributed by atoms with E-state index in [1.165, 1.54) is 11.8 Å². The summed E-state index contributed by atoms with van der Waals surface area (Å²) in [5.74, 6) is 2.97. The number of nitrogens with zero attached hydrogens (tertiary/aromatic N) is 4. The van der Waals surface area contributed by atoms with Crippen molar-refractivity contribution in [2.75, 3.05) is 7.11 Å². The minimum Gasteiger partial charge on any atom is -0.497 e. The number of aromatic nitrogens is 5. The Bertz CT molecular complexity index is 1050. The van der Waals surface area contributed by atoms with Gasteiger partial charge >= 0.3 is 0 Å². The summed E-state index contributed by atoms with van der Waals surface area (Å²) in [5.41, 5.74) is 1.80. The number of methoxy groups -OCH3 is 1. The van der Waals surface area contributed by atoms with Crippen molar-refractivity contribution in [3.63, 3.8) is 0 Å². The molecule has 0 unspecified atom stereocenters. The molecule has 1 N–H and O–H groups in total. The van der Waals surface area contributed by atoms with E-state index in [-0.39, 0.29) is 0 Å². The van der Waals surface area contributed by atoms with Crippen molar-refractivity contribution in [2.24, 2.45) is 0 Å². The zero-order valence-corrected chi connectivity index (χ0v) is 16.6. The van der Waals surface area contributed by atoms with E-state index in [0.29, 0.717) is 28.5 Å². The Hall–Kier alpha value is -2.65. The molecule has 0 amide bonds. The highest BCUT2D eigenvalue weighted by molar-refractivity contribution is 9.10. The minimum atomic E-state index is 0.479. The zero-order chi connectivity index (χ0) is 18.6. The van der Waals surface area contributed by atoms with Gasteiger partial charge in [-0.2, -0.15) is 0 Å². The molecule has 136 valence electrons. The molecule has 0 atom stereocenters. The quantitative estimate of drug-likeness (QED) is 0.435. The van der Waals surface area contributed by atoms with Crippen LogP contribution in [-0.2, 0) is 5.75 Å². The van der Waals surface area contributed by atoms with Crippen LogP contribution < -0.4 is 4.74 Å². The van der Waals surface area contributed by atoms with Gasteiger partial charge in [0.1, 0.15) is 5.75 Å². The van der Waals surface area contributed by atoms with Crippen LogP contribution in [0, 0.1) is 0 Å². The average Bonchev–Trinajstić information content (AvgIpc) is 3.36. The first-order valence-electron chi connectivity index (χ1n) is 8.00. The lowest BCUT2D eigenvalue weighted by molar-refractivity contribution is 0.415. The second kappa shape index (κ2) is 7.93. The maximum Gasteiger partial charge on any atom is 0.248 e. The van der Waals surface area contributed by atoms with Gasteiger partial charge in [0.15, 0.2) is 5.82 Å². The summed E-state index contributed by atoms with van der Waals surface area (Å²) in [6.07, 6.45) is 0. The Morgan fingerprint density at radius 1 is 1.11 bits per heavy atom. The first-order valence-corrected chi connectivity index (χ1v) is 9.77. The highest BCUT2D eigenvalue weighted by Gasteiger charge is 2.13. The summed E-state index contributed by atoms with van der Waals surface area (Å²) < 4.78 is 11.8. The summed E-state index contributed by atoms with van der Waals surface area (Å²) in [6, 6.07) is 15.3. The number of ether oxygens (including phenoxy) is 1. The molecule has 0 saturated heterocycles. The number of thioether (sulfide) groups is 1. The molecule has 4 rings (SSSR count). The van der Waals surface area contributed by atoms with Crippen molar-refractivity contribution >= 4 is 27.7 Å². The number of hydrogen-bond acceptors (Lipinski definition) is 7. The number of halogens is 1. The largest absolute Gasteiger partial charge is 0.497 e. The van der Waals surface area contributed by atoms with Crippen molar-refractivity contribution in [1.82, 2.24) is 25.4 Å². The standard InChI is InChI=1S/C18H14BrN5O2S/c1-25-12-8-6-11(7-9-12)16-20-18(24-22-16)27-10-15-21-23-17(26-15)13-4-2-3-5-14(13)19/h2-9H,10H2,1H3,(H,20,22,24). The van der Waals surface area contributed by atoms with Crippen molar-refractivity contribution in [2.45, 2.75) is 10.9 Å². The van der Waals surface area contributed by atoms with Crippen LogP contribution in [0.25, 0.3) is 22.8 Å². The van der Waals surface area contributed by atoms with Crippen molar-refractivity contribution in [1.29, 1.82) is 0 Å². The first kappa shape index (κ1) is 17.7. The topological polar surface area (TPSA) is 89.7 Å². The second-order valence-electron chi connectivity index (χ2n) is 5.46. The molecule has 0 saturated carbocycles. The van der Waals surface area contributed by atoms with Crippen molar-refractivity contribution in [3.05, 3.63) is 58.9 Å². The maximum absolute atomic E-state index is 5.74. The highest BCUT2D eigenvalue weighted by Crippen LogP contribution is 2.28. The molecule has 27 heavy (non-hydrogen) atoms. The fourth-order valence-electron chi connectivity index (χ4n) is 2.37. The Kier molecular flexibility index (Phi) is 5.21. The smallest absolute Gasteiger partial charge is 0.248 e. The molecule has 2 aromatic carbocycles. The van der Waals surface area contributed by atoms with Crippen LogP contribution >= 0.6 is 27.7 Å². The van der Waals surface area contributed by atoms with Gasteiger partial charge in [0.05, 0.1) is 18.4 Å². The molecule has 0 aliphatic rings. The van der Waals surface area contributed by atoms with Crippen LogP contribution in [0.2, 0.25) is 0 Å². The van der Waals surface area contributed by atoms with E-state index in [0.717, 1.165) is 21.3 Å². The van der Waals surface area contributed by atoms with Gasteiger partial charge in [-0.1, -0.05) is 23.9 Å². The Morgan fingerprint density at radius 2 is 1.93 bits per heavy atom. The Morgan fingerprint density at radius 3 is 2.70 bits per heavy atom. The number of H-pyrrole nitrogens is 1. The van der Waals surface area contributed by atoms with Crippen LogP contribution in [0.4, 0.5) is 0 Å². The summed E-state index contributed by atoms with van der Waals surface area (Å²) in [6.45, 7) is 0. The second-order valence-corrected chi connectivity index (χ2v) is 7.26. The van der Waals surface area contributed by atoms with Crippen molar-refractivity contribution < 1.29 is 9.15 Å². The molecular weight excluding hydrogens is 430 g/mol. The Labute approximate surface area is 167 Å². The number of hydrogen-bond donors (Lipinski definition) is 1. The molecular formula is C18H14BrN5O2S. The van der Waals surface area contributed by atoms with Gasteiger partial charge in [-0.25, -0.2) is 4.98 Å². The molecule has 0 fully saturated rings. The van der Waals surface area contributed by atoms with Crippen LogP contribution in [-0.4, -0.2) is 32.5 Å². The van der Waals surface area contributed by atoms with Gasteiger partial charge in [-0.15, -0.1) is 15.3 Å². The number of nitrogens with one attached hydrogen (secondary N) is 1. The van der Waals surface area contributed by atoms with Gasteiger partial charge < -0.3 is 9.15 Å². The molecule has 0 aliphatic heterocycles. The summed E-state index contributed by atoms with van der Waals surface area (Å²) in [4.78, 5) is 4.49. The fraction of sp³-hybridized carbons (Fsp3) is 0.111. The molecule has 9 heteroatoms. The van der Waals surface area contributed by atoms with Crippen LogP contribution in [0.5, 0.6) is 5.75 Å². The highest BCUT2D eigenvalue weighted by atomic mass is 79.9. The van der Waals surface area contributed by atoms with Crippen LogP contribution in [0.3, 0.4) is 0 Å². The van der Waals surface area contributed by atoms with Gasteiger partial charge in [0.25, 0.3) is 0 Å². The summed E-state index contributed by atoms with van der Waals surface area (Å²) >= 11 is 4.91. The monoisotopic (exact) mass is 443 g/mol. The molecule has 2 heterocycles. The Balaban J connectivity index is 1.42. The van der Waals surface area contributed by atoms with Gasteiger partial charge in [-0.3, -0.25) is 5.10 Å². The lowest BCUT2D eigenvalue weighted by Gasteiger charge is -1.99. The van der Waals surface area contributed by atoms with E-state index in [9.17, 15) is 0 Å². The van der Waals surface area contributed by atoms with Crippen LogP contribution in [0.1, 0.15) is 5.89 Å². The fourth-order valence-corrected chi connectivity index (χ4v) is 3.46. The average molecular weight is 444 g/mol. The molecule has 0 spiro atoms. The lowest BCUT2D eigenvalue weighted by Crippen LogP contribution is -1.84. The molecule has 4 aromatic rings. The number of benzene rings is 2. The van der Waals surface area contributed by atoms with Gasteiger partial charge in [0.2, 0.25) is 16.9 Å². The molecule has 0 bridgehead atoms. The number of rotatable bonds is 6. The van der Waals surface area contributed by atoms with E-state index >= 15 is 0 Å². The first-order chi connectivity index (χ1) is 13.2. The summed E-state index contributed by atoms with van der Waals surface area (Å²) in [7, 11) is 1.64. The molecule has 2 aromatic heterocycles. The van der Waals surface area contributed by atoms with E-state index in [1.54, 1.807) is 7.11 Å². The zero-order valence-electron chi connectivity index (χ0n) is 14.2. The molecule has 7 nitrogen and oxygen atoms in total. The van der Waals surface area contributed by atoms with Gasteiger partial charge in [0, 0.05) is 10.0 Å². The lowest BCUT2D eigenvalue weighted by atomic mass is 10.2. The summed E-state index contributed by atoms with van der Waals surface area (Å²) in [5, 5.41) is 16.0. The van der Waals surface area contributed by atoms with E-state index < -0.39 is 0 Å². The van der Waals surface area contributed by atoms with E-state index in [4.69, 9.17) is 9.15 Å². The number of aromatic amines is 1. The third-order valence-electron chi connectivity index (χ3n) is 3.72. The molecule has 0 radical (unpaired) electrons. The third-order valence-corrected chi connectivity index (χ3v) is 5.25. The third kappa shape index (κ3) is 4.04. The molecule has 0 aliphatic carbocycles. The predicted octanol–water partition coefficient (Wildman–Crippen LogP) is 4.59. The van der Waals surface area contributed by atoms with Gasteiger partial charge in [-0.05, 0) is 52.3 Å².